The van der Waals surface area contributed by atoms with E-state index in [0.29, 0.717) is 17.9 Å². The molecule has 6 heteroatoms. The maximum atomic E-state index is 11.8. The van der Waals surface area contributed by atoms with Crippen molar-refractivity contribution in [2.75, 3.05) is 6.61 Å². The predicted octanol–water partition coefficient (Wildman–Crippen LogP) is 3.89. The molecule has 0 aliphatic carbocycles. The third kappa shape index (κ3) is 5.12. The standard InChI is InChI=1S/C16H17BrO4S/c1-2-21-22(18,19)12-14-10-15(17)8-9-16(14)20-11-13-6-4-3-5-7-13/h3-10H,2,11-12H2,1H3. The second kappa shape index (κ2) is 7.76. The van der Waals surface area contributed by atoms with Gasteiger partial charge in [-0.3, -0.25) is 4.18 Å². The third-order valence-electron chi connectivity index (χ3n) is 2.89. The lowest BCUT2D eigenvalue weighted by atomic mass is 10.2. The molecule has 22 heavy (non-hydrogen) atoms. The second-order valence-electron chi connectivity index (χ2n) is 4.63. The highest BCUT2D eigenvalue weighted by atomic mass is 79.9. The van der Waals surface area contributed by atoms with Crippen LogP contribution in [0.1, 0.15) is 18.1 Å². The van der Waals surface area contributed by atoms with E-state index in [2.05, 4.69) is 15.9 Å². The van der Waals surface area contributed by atoms with Crippen molar-refractivity contribution in [1.82, 2.24) is 0 Å². The van der Waals surface area contributed by atoms with Crippen LogP contribution in [-0.2, 0) is 26.7 Å². The van der Waals surface area contributed by atoms with Gasteiger partial charge in [-0.1, -0.05) is 46.3 Å². The summed E-state index contributed by atoms with van der Waals surface area (Å²) in [5, 5.41) is 0. The first kappa shape index (κ1) is 17.0. The number of halogens is 1. The molecule has 2 rings (SSSR count). The SMILES string of the molecule is CCOS(=O)(=O)Cc1cc(Br)ccc1OCc1ccccc1. The van der Waals surface area contributed by atoms with Crippen molar-refractivity contribution in [2.24, 2.45) is 0 Å². The summed E-state index contributed by atoms with van der Waals surface area (Å²) in [7, 11) is -3.61. The summed E-state index contributed by atoms with van der Waals surface area (Å²) in [6.45, 7) is 2.14. The van der Waals surface area contributed by atoms with E-state index in [1.54, 1.807) is 19.1 Å². The monoisotopic (exact) mass is 384 g/mol. The summed E-state index contributed by atoms with van der Waals surface area (Å²) < 4.78 is 35.0. The Morgan fingerprint density at radius 2 is 1.82 bits per heavy atom. The van der Waals surface area contributed by atoms with Gasteiger partial charge < -0.3 is 4.74 Å². The molecular formula is C16H17BrO4S. The van der Waals surface area contributed by atoms with Gasteiger partial charge in [0.05, 0.1) is 6.61 Å². The number of hydrogen-bond donors (Lipinski definition) is 0. The fourth-order valence-corrected chi connectivity index (χ4v) is 3.41. The number of benzene rings is 2. The van der Waals surface area contributed by atoms with Crippen LogP contribution in [0.5, 0.6) is 5.75 Å². The molecule has 0 unspecified atom stereocenters. The van der Waals surface area contributed by atoms with Crippen LogP contribution in [0.4, 0.5) is 0 Å². The average molecular weight is 385 g/mol. The first-order valence-corrected chi connectivity index (χ1v) is 9.19. The molecule has 0 aliphatic heterocycles. The van der Waals surface area contributed by atoms with Crippen molar-refractivity contribution in [3.05, 3.63) is 64.1 Å². The normalized spacial score (nSPS) is 11.4. The second-order valence-corrected chi connectivity index (χ2v) is 7.19. The first-order chi connectivity index (χ1) is 10.5. The molecule has 118 valence electrons. The molecule has 0 fully saturated rings. The van der Waals surface area contributed by atoms with Crippen LogP contribution in [0.3, 0.4) is 0 Å². The lowest BCUT2D eigenvalue weighted by Crippen LogP contribution is -2.10. The van der Waals surface area contributed by atoms with Crippen LogP contribution >= 0.6 is 15.9 Å². The van der Waals surface area contributed by atoms with Crippen LogP contribution < -0.4 is 4.74 Å². The zero-order chi connectivity index (χ0) is 16.0. The Labute approximate surface area is 139 Å². The summed E-state index contributed by atoms with van der Waals surface area (Å²) in [6, 6.07) is 15.0. The van der Waals surface area contributed by atoms with E-state index in [4.69, 9.17) is 8.92 Å². The molecule has 0 spiro atoms. The van der Waals surface area contributed by atoms with Gasteiger partial charge in [0.2, 0.25) is 0 Å². The molecule has 4 nitrogen and oxygen atoms in total. The van der Waals surface area contributed by atoms with Crippen molar-refractivity contribution >= 4 is 26.0 Å². The van der Waals surface area contributed by atoms with Gasteiger partial charge >= 0.3 is 0 Å². The van der Waals surface area contributed by atoms with Crippen LogP contribution in [0.15, 0.2) is 53.0 Å². The third-order valence-corrected chi connectivity index (χ3v) is 4.64. The molecule has 0 aromatic heterocycles. The highest BCUT2D eigenvalue weighted by molar-refractivity contribution is 9.10. The van der Waals surface area contributed by atoms with Gasteiger partial charge in [-0.25, -0.2) is 0 Å². The maximum Gasteiger partial charge on any atom is 0.271 e. The van der Waals surface area contributed by atoms with Gasteiger partial charge in [0.1, 0.15) is 18.1 Å². The van der Waals surface area contributed by atoms with E-state index in [1.807, 2.05) is 36.4 Å². The molecule has 0 atom stereocenters. The van der Waals surface area contributed by atoms with Crippen LogP contribution in [0.2, 0.25) is 0 Å². The molecular weight excluding hydrogens is 368 g/mol. The summed E-state index contributed by atoms with van der Waals surface area (Å²) in [5.74, 6) is 0.319. The smallest absolute Gasteiger partial charge is 0.271 e. The largest absolute Gasteiger partial charge is 0.489 e. The highest BCUT2D eigenvalue weighted by Gasteiger charge is 2.16. The zero-order valence-corrected chi connectivity index (χ0v) is 14.6. The maximum absolute atomic E-state index is 11.8. The molecule has 0 amide bonds. The Morgan fingerprint density at radius 1 is 1.09 bits per heavy atom. The summed E-state index contributed by atoms with van der Waals surface area (Å²) >= 11 is 3.35. The van der Waals surface area contributed by atoms with E-state index in [0.717, 1.165) is 10.0 Å². The van der Waals surface area contributed by atoms with E-state index < -0.39 is 10.1 Å². The Bertz CT molecular complexity index is 714. The quantitative estimate of drug-likeness (QED) is 0.679. The van der Waals surface area contributed by atoms with Gasteiger partial charge in [0.25, 0.3) is 10.1 Å². The van der Waals surface area contributed by atoms with Crippen molar-refractivity contribution in [3.63, 3.8) is 0 Å². The molecule has 2 aromatic rings. The molecule has 0 N–H and O–H groups in total. The van der Waals surface area contributed by atoms with E-state index in [9.17, 15) is 8.42 Å². The lowest BCUT2D eigenvalue weighted by molar-refractivity contribution is 0.302. The minimum atomic E-state index is -3.61. The lowest BCUT2D eigenvalue weighted by Gasteiger charge is -2.12. The fraction of sp³-hybridized carbons (Fsp3) is 0.250. The summed E-state index contributed by atoms with van der Waals surface area (Å²) in [6.07, 6.45) is 0. The highest BCUT2D eigenvalue weighted by Crippen LogP contribution is 2.26. The molecule has 2 aromatic carbocycles. The van der Waals surface area contributed by atoms with Gasteiger partial charge in [-0.05, 0) is 30.7 Å². The van der Waals surface area contributed by atoms with Crippen LogP contribution in [-0.4, -0.2) is 15.0 Å². The summed E-state index contributed by atoms with van der Waals surface area (Å²) in [5.41, 5.74) is 1.59. The number of hydrogen-bond acceptors (Lipinski definition) is 4. The van der Waals surface area contributed by atoms with E-state index >= 15 is 0 Å². The van der Waals surface area contributed by atoms with Gasteiger partial charge in [0, 0.05) is 10.0 Å². The van der Waals surface area contributed by atoms with Crippen molar-refractivity contribution in [1.29, 1.82) is 0 Å². The Hall–Kier alpha value is -1.37. The molecule has 0 saturated carbocycles. The average Bonchev–Trinajstić information content (AvgIpc) is 2.47. The van der Waals surface area contributed by atoms with E-state index in [-0.39, 0.29) is 12.4 Å². The Kier molecular flexibility index (Phi) is 5.99. The Morgan fingerprint density at radius 3 is 2.50 bits per heavy atom. The van der Waals surface area contributed by atoms with Crippen molar-refractivity contribution in [2.45, 2.75) is 19.3 Å². The van der Waals surface area contributed by atoms with Crippen LogP contribution in [0.25, 0.3) is 0 Å². The van der Waals surface area contributed by atoms with E-state index in [1.165, 1.54) is 0 Å². The van der Waals surface area contributed by atoms with Gasteiger partial charge in [-0.15, -0.1) is 0 Å². The minimum absolute atomic E-state index is 0.122. The van der Waals surface area contributed by atoms with Crippen molar-refractivity contribution in [3.8, 4) is 5.75 Å². The number of ether oxygens (including phenoxy) is 1. The molecule has 0 saturated heterocycles. The summed E-state index contributed by atoms with van der Waals surface area (Å²) in [4.78, 5) is 0. The predicted molar refractivity (Wildman–Crippen MR) is 89.2 cm³/mol. The minimum Gasteiger partial charge on any atom is -0.489 e. The molecule has 0 aliphatic rings. The first-order valence-electron chi connectivity index (χ1n) is 6.82. The zero-order valence-electron chi connectivity index (χ0n) is 12.2. The van der Waals surface area contributed by atoms with Crippen LogP contribution in [0, 0.1) is 0 Å². The molecule has 0 radical (unpaired) electrons. The molecule has 0 bridgehead atoms. The van der Waals surface area contributed by atoms with Crippen molar-refractivity contribution < 1.29 is 17.3 Å². The topological polar surface area (TPSA) is 52.6 Å². The fourth-order valence-electron chi connectivity index (χ4n) is 1.95. The molecule has 0 heterocycles. The van der Waals surface area contributed by atoms with Gasteiger partial charge in [-0.2, -0.15) is 8.42 Å². The Balaban J connectivity index is 2.17. The van der Waals surface area contributed by atoms with Gasteiger partial charge in [0.15, 0.2) is 0 Å². The number of rotatable bonds is 7.